The molecule has 1 aliphatic rings. The van der Waals surface area contributed by atoms with Gasteiger partial charge in [-0.05, 0) is 12.1 Å². The van der Waals surface area contributed by atoms with Gasteiger partial charge in [0, 0.05) is 11.6 Å². The van der Waals surface area contributed by atoms with E-state index in [1.54, 1.807) is 6.07 Å². The summed E-state index contributed by atoms with van der Waals surface area (Å²) in [5, 5.41) is 0.281. The fraction of sp³-hybridized carbons (Fsp3) is 0.182. The van der Waals surface area contributed by atoms with Crippen LogP contribution in [0.4, 0.5) is 4.39 Å². The smallest absolute Gasteiger partial charge is 0.162 e. The maximum Gasteiger partial charge on any atom is 0.162 e. The first kappa shape index (κ1) is 10.2. The molecule has 0 saturated heterocycles. The number of halogens is 2. The van der Waals surface area contributed by atoms with Gasteiger partial charge in [0.05, 0.1) is 17.7 Å². The summed E-state index contributed by atoms with van der Waals surface area (Å²) < 4.78 is 18.6. The third kappa shape index (κ3) is 2.02. The van der Waals surface area contributed by atoms with Gasteiger partial charge < -0.3 is 4.74 Å². The Labute approximate surface area is 91.3 Å². The number of hydrogen-bond acceptors (Lipinski definition) is 2. The Bertz CT molecular complexity index is 408. The Balaban J connectivity index is 2.37. The second-order valence-electron chi connectivity index (χ2n) is 3.23. The van der Waals surface area contributed by atoms with E-state index in [0.717, 1.165) is 0 Å². The normalized spacial score (nSPS) is 20.1. The summed E-state index contributed by atoms with van der Waals surface area (Å²) in [6.45, 7) is 0. The lowest BCUT2D eigenvalue weighted by Gasteiger charge is -2.20. The molecule has 1 atom stereocenters. The standard InChI is InChI=1S/C11H8ClFO2/c12-8-2-1-3-9(13)11(8)10-6-7(14)4-5-15-10/h1-5,10H,6H2. The highest BCUT2D eigenvalue weighted by molar-refractivity contribution is 6.31. The predicted octanol–water partition coefficient (Wildman–Crippen LogP) is 3.02. The first-order valence-corrected chi connectivity index (χ1v) is 4.85. The Hall–Kier alpha value is -1.35. The molecule has 1 unspecified atom stereocenters. The lowest BCUT2D eigenvalue weighted by atomic mass is 10.0. The zero-order valence-electron chi connectivity index (χ0n) is 7.74. The summed E-state index contributed by atoms with van der Waals surface area (Å²) in [5.41, 5.74) is 0.247. The van der Waals surface area contributed by atoms with Crippen LogP contribution in [0.15, 0.2) is 30.5 Å². The van der Waals surface area contributed by atoms with Crippen LogP contribution < -0.4 is 0 Å². The molecular weight excluding hydrogens is 219 g/mol. The first-order valence-electron chi connectivity index (χ1n) is 4.47. The van der Waals surface area contributed by atoms with Crippen molar-refractivity contribution in [3.05, 3.63) is 46.9 Å². The van der Waals surface area contributed by atoms with Crippen molar-refractivity contribution in [3.8, 4) is 0 Å². The minimum Gasteiger partial charge on any atom is -0.493 e. The van der Waals surface area contributed by atoms with Crippen LogP contribution in [0.25, 0.3) is 0 Å². The average Bonchev–Trinajstić information content (AvgIpc) is 2.17. The van der Waals surface area contributed by atoms with Gasteiger partial charge in [-0.25, -0.2) is 4.39 Å². The highest BCUT2D eigenvalue weighted by Crippen LogP contribution is 2.32. The Kier molecular flexibility index (Phi) is 2.73. The molecule has 0 saturated carbocycles. The van der Waals surface area contributed by atoms with Crippen LogP contribution in [0, 0.1) is 5.82 Å². The Morgan fingerprint density at radius 2 is 2.27 bits per heavy atom. The van der Waals surface area contributed by atoms with Crippen LogP contribution in [0.2, 0.25) is 5.02 Å². The van der Waals surface area contributed by atoms with E-state index in [4.69, 9.17) is 16.3 Å². The van der Waals surface area contributed by atoms with Crippen molar-refractivity contribution in [2.75, 3.05) is 0 Å². The van der Waals surface area contributed by atoms with E-state index in [9.17, 15) is 9.18 Å². The third-order valence-electron chi connectivity index (χ3n) is 2.21. The van der Waals surface area contributed by atoms with Gasteiger partial charge in [-0.3, -0.25) is 4.79 Å². The molecule has 1 aromatic carbocycles. The van der Waals surface area contributed by atoms with Gasteiger partial charge >= 0.3 is 0 Å². The molecule has 78 valence electrons. The van der Waals surface area contributed by atoms with Crippen molar-refractivity contribution in [2.24, 2.45) is 0 Å². The van der Waals surface area contributed by atoms with Crippen molar-refractivity contribution in [3.63, 3.8) is 0 Å². The van der Waals surface area contributed by atoms with Gasteiger partial charge in [-0.1, -0.05) is 17.7 Å². The number of carbonyl (C=O) groups excluding carboxylic acids is 1. The van der Waals surface area contributed by atoms with Gasteiger partial charge in [-0.2, -0.15) is 0 Å². The molecule has 2 nitrogen and oxygen atoms in total. The highest BCUT2D eigenvalue weighted by atomic mass is 35.5. The molecule has 1 aromatic rings. The monoisotopic (exact) mass is 226 g/mol. The predicted molar refractivity (Wildman–Crippen MR) is 54.0 cm³/mol. The van der Waals surface area contributed by atoms with E-state index < -0.39 is 11.9 Å². The van der Waals surface area contributed by atoms with Crippen LogP contribution in [-0.4, -0.2) is 5.78 Å². The van der Waals surface area contributed by atoms with E-state index >= 15 is 0 Å². The van der Waals surface area contributed by atoms with Crippen LogP contribution in [0.1, 0.15) is 18.1 Å². The first-order chi connectivity index (χ1) is 7.18. The minimum absolute atomic E-state index is 0.0921. The lowest BCUT2D eigenvalue weighted by Crippen LogP contribution is -2.13. The third-order valence-corrected chi connectivity index (χ3v) is 2.53. The maximum absolute atomic E-state index is 13.5. The van der Waals surface area contributed by atoms with E-state index in [-0.39, 0.29) is 22.8 Å². The molecule has 0 N–H and O–H groups in total. The van der Waals surface area contributed by atoms with Gasteiger partial charge in [0.2, 0.25) is 0 Å². The summed E-state index contributed by atoms with van der Waals surface area (Å²) in [6, 6.07) is 4.39. The quantitative estimate of drug-likeness (QED) is 0.736. The van der Waals surface area contributed by atoms with E-state index in [1.165, 1.54) is 24.5 Å². The second-order valence-corrected chi connectivity index (χ2v) is 3.64. The number of carbonyl (C=O) groups is 1. The minimum atomic E-state index is -0.615. The molecule has 4 heteroatoms. The summed E-state index contributed by atoms with van der Waals surface area (Å²) >= 11 is 5.86. The maximum atomic E-state index is 13.5. The molecule has 2 rings (SSSR count). The zero-order valence-corrected chi connectivity index (χ0v) is 8.50. The highest BCUT2D eigenvalue weighted by Gasteiger charge is 2.24. The molecule has 0 radical (unpaired) electrons. The number of benzene rings is 1. The van der Waals surface area contributed by atoms with Crippen molar-refractivity contribution in [1.29, 1.82) is 0 Å². The second kappa shape index (κ2) is 4.03. The van der Waals surface area contributed by atoms with Gasteiger partial charge in [0.15, 0.2) is 5.78 Å². The van der Waals surface area contributed by atoms with Crippen LogP contribution in [0.5, 0.6) is 0 Å². The molecular formula is C11H8ClFO2. The van der Waals surface area contributed by atoms with E-state index in [1.807, 2.05) is 0 Å². The van der Waals surface area contributed by atoms with Gasteiger partial charge in [-0.15, -0.1) is 0 Å². The largest absolute Gasteiger partial charge is 0.493 e. The van der Waals surface area contributed by atoms with E-state index in [0.29, 0.717) is 0 Å². The van der Waals surface area contributed by atoms with Crippen molar-refractivity contribution >= 4 is 17.4 Å². The summed E-state index contributed by atoms with van der Waals surface area (Å²) in [4.78, 5) is 11.1. The zero-order chi connectivity index (χ0) is 10.8. The van der Waals surface area contributed by atoms with Crippen molar-refractivity contribution < 1.29 is 13.9 Å². The Morgan fingerprint density at radius 3 is 2.93 bits per heavy atom. The van der Waals surface area contributed by atoms with Crippen LogP contribution >= 0.6 is 11.6 Å². The lowest BCUT2D eigenvalue weighted by molar-refractivity contribution is -0.118. The molecule has 1 heterocycles. The fourth-order valence-corrected chi connectivity index (χ4v) is 1.78. The number of ether oxygens (including phenoxy) is 1. The molecule has 0 spiro atoms. The molecule has 0 bridgehead atoms. The van der Waals surface area contributed by atoms with E-state index in [2.05, 4.69) is 0 Å². The number of hydrogen-bond donors (Lipinski definition) is 0. The summed E-state index contributed by atoms with van der Waals surface area (Å²) in [7, 11) is 0. The number of allylic oxidation sites excluding steroid dienone is 1. The Morgan fingerprint density at radius 1 is 1.47 bits per heavy atom. The molecule has 0 aliphatic carbocycles. The van der Waals surface area contributed by atoms with Crippen LogP contribution in [-0.2, 0) is 9.53 Å². The molecule has 0 aromatic heterocycles. The SMILES string of the molecule is O=C1C=COC(c2c(F)cccc2Cl)C1. The average molecular weight is 227 g/mol. The van der Waals surface area contributed by atoms with Crippen molar-refractivity contribution in [1.82, 2.24) is 0 Å². The summed E-state index contributed by atoms with van der Waals surface area (Å²) in [6.07, 6.45) is 2.11. The fourth-order valence-electron chi connectivity index (χ4n) is 1.50. The molecule has 0 fully saturated rings. The molecule has 1 aliphatic heterocycles. The molecule has 0 amide bonds. The number of rotatable bonds is 1. The molecule has 15 heavy (non-hydrogen) atoms. The summed E-state index contributed by atoms with van der Waals surface area (Å²) in [5.74, 6) is -0.541. The number of ketones is 1. The van der Waals surface area contributed by atoms with Gasteiger partial charge in [0.25, 0.3) is 0 Å². The van der Waals surface area contributed by atoms with Crippen LogP contribution in [0.3, 0.4) is 0 Å². The topological polar surface area (TPSA) is 26.3 Å². The van der Waals surface area contributed by atoms with Gasteiger partial charge in [0.1, 0.15) is 11.9 Å². The van der Waals surface area contributed by atoms with Crippen molar-refractivity contribution in [2.45, 2.75) is 12.5 Å².